The average molecular weight is 289 g/mol. The largest absolute Gasteiger partial charge is 0.456 e. The van der Waals surface area contributed by atoms with E-state index in [4.69, 9.17) is 4.42 Å². The molecule has 4 heteroatoms. The smallest absolute Gasteiger partial charge is 0.288 e. The molecule has 1 heterocycles. The predicted octanol–water partition coefficient (Wildman–Crippen LogP) is 5.11. The Balaban J connectivity index is 2.09. The fourth-order valence-corrected chi connectivity index (χ4v) is 2.76. The second-order valence-corrected chi connectivity index (χ2v) is 5.09. The first-order valence-corrected chi connectivity index (χ1v) is 6.89. The van der Waals surface area contributed by atoms with Gasteiger partial charge in [-0.25, -0.2) is 0 Å². The minimum absolute atomic E-state index is 0.0932. The van der Waals surface area contributed by atoms with Crippen molar-refractivity contribution in [3.05, 3.63) is 76.8 Å². The molecular formula is C18H11NO3. The van der Waals surface area contributed by atoms with Gasteiger partial charge in [0, 0.05) is 5.39 Å². The van der Waals surface area contributed by atoms with Gasteiger partial charge in [0.25, 0.3) is 5.69 Å². The summed E-state index contributed by atoms with van der Waals surface area (Å²) in [4.78, 5) is 11.2. The van der Waals surface area contributed by atoms with Crippen LogP contribution in [-0.2, 0) is 0 Å². The van der Waals surface area contributed by atoms with E-state index in [0.717, 1.165) is 16.5 Å². The summed E-state index contributed by atoms with van der Waals surface area (Å²) in [6.07, 6.45) is 0. The van der Waals surface area contributed by atoms with E-state index in [1.807, 2.05) is 60.7 Å². The lowest BCUT2D eigenvalue weighted by atomic mass is 10.1. The molecule has 1 aliphatic heterocycles. The number of fused-ring (bicyclic) bond motifs is 2. The second-order valence-electron chi connectivity index (χ2n) is 5.09. The van der Waals surface area contributed by atoms with Gasteiger partial charge in [0.15, 0.2) is 0 Å². The Bertz CT molecular complexity index is 957. The first-order valence-electron chi connectivity index (χ1n) is 6.89. The predicted molar refractivity (Wildman–Crippen MR) is 84.9 cm³/mol. The van der Waals surface area contributed by atoms with E-state index in [2.05, 4.69) is 0 Å². The quantitative estimate of drug-likeness (QED) is 0.380. The van der Waals surface area contributed by atoms with Gasteiger partial charge in [-0.3, -0.25) is 10.1 Å². The maximum atomic E-state index is 11.6. The molecule has 0 N–H and O–H groups in total. The van der Waals surface area contributed by atoms with Crippen LogP contribution in [0.15, 0.2) is 71.1 Å². The Morgan fingerprint density at radius 1 is 0.864 bits per heavy atom. The lowest BCUT2D eigenvalue weighted by Gasteiger charge is -2.02. The minimum atomic E-state index is -0.338. The maximum Gasteiger partial charge on any atom is 0.288 e. The van der Waals surface area contributed by atoms with Gasteiger partial charge in [-0.1, -0.05) is 48.5 Å². The van der Waals surface area contributed by atoms with E-state index in [9.17, 15) is 10.1 Å². The summed E-state index contributed by atoms with van der Waals surface area (Å²) in [6, 6.07) is 20.4. The molecule has 0 unspecified atom stereocenters. The van der Waals surface area contributed by atoms with Gasteiger partial charge in [-0.05, 0) is 23.8 Å². The van der Waals surface area contributed by atoms with Crippen LogP contribution in [0, 0.1) is 10.1 Å². The highest BCUT2D eigenvalue weighted by Crippen LogP contribution is 2.45. The van der Waals surface area contributed by atoms with Crippen LogP contribution in [0.5, 0.6) is 0 Å². The fraction of sp³-hybridized carbons (Fsp3) is 0. The van der Waals surface area contributed by atoms with Gasteiger partial charge in [0.05, 0.1) is 16.1 Å². The lowest BCUT2D eigenvalue weighted by molar-refractivity contribution is -0.383. The molecule has 0 radical (unpaired) electrons. The maximum absolute atomic E-state index is 11.6. The summed E-state index contributed by atoms with van der Waals surface area (Å²) in [5.41, 5.74) is 2.73. The SMILES string of the molecule is O=[N+]([O-])c1c(-c2ccccc2)cc2oc3ccccc3cc1-2. The highest BCUT2D eigenvalue weighted by atomic mass is 16.6. The Kier molecular flexibility index (Phi) is 2.69. The summed E-state index contributed by atoms with van der Waals surface area (Å²) in [5, 5.41) is 12.4. The van der Waals surface area contributed by atoms with Crippen LogP contribution < -0.4 is 0 Å². The third kappa shape index (κ3) is 1.85. The molecule has 0 aromatic heterocycles. The van der Waals surface area contributed by atoms with E-state index in [1.54, 1.807) is 6.07 Å². The molecule has 2 aliphatic rings. The van der Waals surface area contributed by atoms with E-state index >= 15 is 0 Å². The van der Waals surface area contributed by atoms with E-state index in [0.29, 0.717) is 16.9 Å². The van der Waals surface area contributed by atoms with Crippen molar-refractivity contribution in [2.75, 3.05) is 0 Å². The molecule has 0 bridgehead atoms. The van der Waals surface area contributed by atoms with Crippen molar-refractivity contribution in [2.45, 2.75) is 0 Å². The molecule has 4 nitrogen and oxygen atoms in total. The number of hydrogen-bond donors (Lipinski definition) is 0. The molecule has 0 fully saturated rings. The third-order valence-electron chi connectivity index (χ3n) is 3.76. The van der Waals surface area contributed by atoms with Crippen LogP contribution in [-0.4, -0.2) is 4.92 Å². The number of benzene rings is 2. The summed E-state index contributed by atoms with van der Waals surface area (Å²) >= 11 is 0. The Hall–Kier alpha value is -3.14. The molecule has 0 saturated carbocycles. The van der Waals surface area contributed by atoms with Gasteiger partial charge in [-0.15, -0.1) is 0 Å². The molecule has 106 valence electrons. The summed E-state index contributed by atoms with van der Waals surface area (Å²) in [5.74, 6) is 0.532. The molecule has 0 saturated heterocycles. The molecule has 0 atom stereocenters. The lowest BCUT2D eigenvalue weighted by Crippen LogP contribution is -1.90. The molecule has 1 aliphatic carbocycles. The van der Waals surface area contributed by atoms with Gasteiger partial charge in [-0.2, -0.15) is 0 Å². The van der Waals surface area contributed by atoms with Crippen molar-refractivity contribution in [1.82, 2.24) is 0 Å². The van der Waals surface area contributed by atoms with Crippen LogP contribution in [0.3, 0.4) is 0 Å². The Morgan fingerprint density at radius 2 is 1.59 bits per heavy atom. The molecular weight excluding hydrogens is 278 g/mol. The van der Waals surface area contributed by atoms with Crippen molar-refractivity contribution in [2.24, 2.45) is 0 Å². The van der Waals surface area contributed by atoms with Crippen LogP contribution in [0.1, 0.15) is 0 Å². The highest BCUT2D eigenvalue weighted by molar-refractivity contribution is 5.94. The summed E-state index contributed by atoms with van der Waals surface area (Å²) in [6.45, 7) is 0. The van der Waals surface area contributed by atoms with E-state index in [-0.39, 0.29) is 10.6 Å². The summed E-state index contributed by atoms with van der Waals surface area (Å²) in [7, 11) is 0. The number of hydrogen-bond acceptors (Lipinski definition) is 3. The monoisotopic (exact) mass is 289 g/mol. The van der Waals surface area contributed by atoms with E-state index in [1.165, 1.54) is 0 Å². The molecule has 0 spiro atoms. The minimum Gasteiger partial charge on any atom is -0.456 e. The number of nitrogens with zero attached hydrogens (tertiary/aromatic N) is 1. The zero-order valence-electron chi connectivity index (χ0n) is 11.5. The number of nitro groups is 1. The van der Waals surface area contributed by atoms with Crippen molar-refractivity contribution < 1.29 is 9.34 Å². The van der Waals surface area contributed by atoms with Crippen molar-refractivity contribution in [3.8, 4) is 22.5 Å². The second kappa shape index (κ2) is 4.70. The zero-order valence-corrected chi connectivity index (χ0v) is 11.5. The zero-order chi connectivity index (χ0) is 15.1. The highest BCUT2D eigenvalue weighted by Gasteiger charge is 2.28. The fourth-order valence-electron chi connectivity index (χ4n) is 2.76. The van der Waals surface area contributed by atoms with Gasteiger partial charge in [0.2, 0.25) is 0 Å². The summed E-state index contributed by atoms with van der Waals surface area (Å²) < 4.78 is 5.83. The first kappa shape index (κ1) is 12.6. The van der Waals surface area contributed by atoms with Crippen molar-refractivity contribution in [1.29, 1.82) is 0 Å². The van der Waals surface area contributed by atoms with Gasteiger partial charge in [0.1, 0.15) is 11.3 Å². The van der Waals surface area contributed by atoms with Crippen molar-refractivity contribution in [3.63, 3.8) is 0 Å². The standard InChI is InChI=1S/C18H11NO3/c20-19(21)18-14(12-6-2-1-3-7-12)11-17-15(18)10-13-8-4-5-9-16(13)22-17/h1-11H. The number of para-hydroxylation sites is 1. The molecule has 2 aromatic carbocycles. The van der Waals surface area contributed by atoms with Crippen LogP contribution in [0.25, 0.3) is 33.4 Å². The van der Waals surface area contributed by atoms with Crippen LogP contribution in [0.4, 0.5) is 5.69 Å². The van der Waals surface area contributed by atoms with Crippen LogP contribution in [0.2, 0.25) is 0 Å². The van der Waals surface area contributed by atoms with Crippen LogP contribution >= 0.6 is 0 Å². The Labute approximate surface area is 126 Å². The first-order chi connectivity index (χ1) is 10.7. The topological polar surface area (TPSA) is 56.3 Å². The Morgan fingerprint density at radius 3 is 2.36 bits per heavy atom. The van der Waals surface area contributed by atoms with E-state index < -0.39 is 0 Å². The molecule has 4 rings (SSSR count). The molecule has 22 heavy (non-hydrogen) atoms. The number of rotatable bonds is 2. The average Bonchev–Trinajstić information content (AvgIpc) is 2.92. The molecule has 0 amide bonds. The van der Waals surface area contributed by atoms with Crippen molar-refractivity contribution >= 4 is 16.7 Å². The normalized spacial score (nSPS) is 11.1. The van der Waals surface area contributed by atoms with Gasteiger partial charge < -0.3 is 4.42 Å². The third-order valence-corrected chi connectivity index (χ3v) is 3.76. The molecule has 2 aromatic rings. The van der Waals surface area contributed by atoms with Gasteiger partial charge >= 0.3 is 0 Å².